The summed E-state index contributed by atoms with van der Waals surface area (Å²) in [6.07, 6.45) is 0. The molecule has 0 atom stereocenters. The van der Waals surface area contributed by atoms with Gasteiger partial charge < -0.3 is 0 Å². The zero-order valence-electron chi connectivity index (χ0n) is 7.52. The maximum absolute atomic E-state index is 11.3. The van der Waals surface area contributed by atoms with Gasteiger partial charge >= 0.3 is 0 Å². The molecule has 0 aliphatic carbocycles. The first-order chi connectivity index (χ1) is 7.20. The second-order valence-electron chi connectivity index (χ2n) is 2.93. The number of carbonyl (C=O) groups is 1. The molecule has 0 aromatic heterocycles. The van der Waals surface area contributed by atoms with Gasteiger partial charge in [0.15, 0.2) is 0 Å². The Labute approximate surface area is 96.4 Å². The summed E-state index contributed by atoms with van der Waals surface area (Å²) in [5.74, 6) is -0.469. The maximum atomic E-state index is 11.3. The van der Waals surface area contributed by atoms with Crippen molar-refractivity contribution in [2.24, 2.45) is 10.2 Å². The predicted octanol–water partition coefficient (Wildman–Crippen LogP) is 3.19. The zero-order valence-corrected chi connectivity index (χ0v) is 9.03. The van der Waals surface area contributed by atoms with E-state index in [9.17, 15) is 4.79 Å². The summed E-state index contributed by atoms with van der Waals surface area (Å²) in [6.45, 7) is 0. The van der Waals surface area contributed by atoms with E-state index in [1.165, 1.54) is 0 Å². The second-order valence-corrected chi connectivity index (χ2v) is 4.03. The highest BCUT2D eigenvalue weighted by molar-refractivity contribution is 6.49. The van der Waals surface area contributed by atoms with Crippen LogP contribution in [0.4, 0.5) is 0 Å². The molecule has 0 unspecified atom stereocenters. The van der Waals surface area contributed by atoms with E-state index < -0.39 is 10.7 Å². The van der Waals surface area contributed by atoms with Gasteiger partial charge in [-0.1, -0.05) is 53.5 Å². The minimum atomic E-state index is -0.900. The molecule has 1 aromatic carbocycles. The summed E-state index contributed by atoms with van der Waals surface area (Å²) in [7, 11) is 0. The Morgan fingerprint density at radius 3 is 2.33 bits per heavy atom. The Kier molecular flexibility index (Phi) is 2.84. The van der Waals surface area contributed by atoms with E-state index in [1.54, 1.807) is 0 Å². The van der Waals surface area contributed by atoms with Gasteiger partial charge in [-0.05, 0) is 0 Å². The number of nitrogens with zero attached hydrogens (tertiary/aromatic N) is 2. The van der Waals surface area contributed by atoms with Crippen LogP contribution in [0.15, 0.2) is 46.1 Å². The third-order valence-electron chi connectivity index (χ3n) is 1.99. The van der Waals surface area contributed by atoms with Crippen LogP contribution in [0.1, 0.15) is 5.56 Å². The summed E-state index contributed by atoms with van der Waals surface area (Å²) in [4.78, 5) is 10.4. The topological polar surface area (TPSA) is 41.8 Å². The van der Waals surface area contributed by atoms with Crippen LogP contribution in [0.3, 0.4) is 0 Å². The first-order valence-electron chi connectivity index (χ1n) is 4.24. The minimum Gasteiger partial charge on any atom is -0.265 e. The summed E-state index contributed by atoms with van der Waals surface area (Å²) in [5.41, 5.74) is 1.48. The lowest BCUT2D eigenvalue weighted by Crippen LogP contribution is -2.04. The fourth-order valence-corrected chi connectivity index (χ4v) is 1.70. The van der Waals surface area contributed by atoms with E-state index in [1.807, 2.05) is 30.3 Å². The van der Waals surface area contributed by atoms with Gasteiger partial charge in [-0.15, -0.1) is 10.2 Å². The van der Waals surface area contributed by atoms with Crippen molar-refractivity contribution in [2.75, 3.05) is 0 Å². The molecule has 0 saturated carbocycles. The number of amides is 1. The molecule has 0 spiro atoms. The third-order valence-corrected chi connectivity index (χ3v) is 2.43. The van der Waals surface area contributed by atoms with Crippen molar-refractivity contribution in [2.45, 2.75) is 4.84 Å². The van der Waals surface area contributed by atoms with Gasteiger partial charge in [-0.2, -0.15) is 0 Å². The van der Waals surface area contributed by atoms with Crippen molar-refractivity contribution >= 4 is 34.8 Å². The minimum absolute atomic E-state index is 0.240. The van der Waals surface area contributed by atoms with Crippen LogP contribution in [0.5, 0.6) is 0 Å². The molecule has 2 rings (SSSR count). The number of rotatable bonds is 2. The molecule has 1 aliphatic heterocycles. The molecule has 0 N–H and O–H groups in total. The summed E-state index contributed by atoms with van der Waals surface area (Å²) in [5, 5.41) is 7.22. The lowest BCUT2D eigenvalue weighted by Gasteiger charge is -2.02. The highest BCUT2D eigenvalue weighted by atomic mass is 35.5. The summed E-state index contributed by atoms with van der Waals surface area (Å²) < 4.78 is 0. The van der Waals surface area contributed by atoms with E-state index >= 15 is 0 Å². The molecule has 0 bridgehead atoms. The maximum Gasteiger partial charge on any atom is 0.296 e. The molecular weight excluding hydrogens is 235 g/mol. The molecular formula is C10H6Cl2N2O. The van der Waals surface area contributed by atoms with Crippen LogP contribution < -0.4 is 0 Å². The largest absolute Gasteiger partial charge is 0.296 e. The fraction of sp³-hybridized carbons (Fsp3) is 0.100. The first-order valence-corrected chi connectivity index (χ1v) is 5.11. The molecule has 0 saturated heterocycles. The molecule has 0 fully saturated rings. The average Bonchev–Trinajstić information content (AvgIpc) is 2.61. The molecule has 76 valence electrons. The quantitative estimate of drug-likeness (QED) is 0.733. The first kappa shape index (κ1) is 10.3. The molecule has 1 aliphatic rings. The Bertz CT molecular complexity index is 452. The lowest BCUT2D eigenvalue weighted by molar-refractivity contribution is -0.114. The molecule has 1 heterocycles. The Morgan fingerprint density at radius 1 is 1.07 bits per heavy atom. The van der Waals surface area contributed by atoms with E-state index in [0.29, 0.717) is 5.70 Å². The molecule has 0 radical (unpaired) electrons. The van der Waals surface area contributed by atoms with Crippen molar-refractivity contribution in [1.82, 2.24) is 0 Å². The molecule has 1 amide bonds. The Balaban J connectivity index is 2.52. The van der Waals surface area contributed by atoms with Crippen molar-refractivity contribution in [3.8, 4) is 0 Å². The van der Waals surface area contributed by atoms with Gasteiger partial charge in [-0.3, -0.25) is 4.79 Å². The normalized spacial score (nSPS) is 15.5. The fourth-order valence-electron chi connectivity index (χ4n) is 1.31. The number of carbonyl (C=O) groups excluding carboxylic acids is 1. The summed E-state index contributed by atoms with van der Waals surface area (Å²) >= 11 is 11.4. The van der Waals surface area contributed by atoms with Gasteiger partial charge in [-0.25, -0.2) is 0 Å². The molecule has 3 nitrogen and oxygen atoms in total. The highest BCUT2D eigenvalue weighted by Gasteiger charge is 2.27. The van der Waals surface area contributed by atoms with Gasteiger partial charge in [0.25, 0.3) is 5.91 Å². The van der Waals surface area contributed by atoms with E-state index in [0.717, 1.165) is 5.56 Å². The number of hydrogen-bond acceptors (Lipinski definition) is 2. The van der Waals surface area contributed by atoms with E-state index in [2.05, 4.69) is 10.2 Å². The lowest BCUT2D eigenvalue weighted by atomic mass is 10.1. The molecule has 15 heavy (non-hydrogen) atoms. The van der Waals surface area contributed by atoms with Crippen molar-refractivity contribution < 1.29 is 4.79 Å². The number of hydrogen-bond donors (Lipinski definition) is 0. The van der Waals surface area contributed by atoms with Crippen LogP contribution in [-0.2, 0) is 4.79 Å². The van der Waals surface area contributed by atoms with Crippen LogP contribution >= 0.6 is 23.2 Å². The van der Waals surface area contributed by atoms with Crippen LogP contribution in [0, 0.1) is 0 Å². The van der Waals surface area contributed by atoms with E-state index in [-0.39, 0.29) is 5.57 Å². The van der Waals surface area contributed by atoms with Gasteiger partial charge in [0.05, 0.1) is 5.57 Å². The number of azo groups is 1. The van der Waals surface area contributed by atoms with Crippen molar-refractivity contribution in [1.29, 1.82) is 0 Å². The number of alkyl halides is 2. The third kappa shape index (κ3) is 1.94. The van der Waals surface area contributed by atoms with Crippen LogP contribution in [0.25, 0.3) is 5.70 Å². The van der Waals surface area contributed by atoms with Crippen molar-refractivity contribution in [3.05, 3.63) is 41.5 Å². The average molecular weight is 241 g/mol. The highest BCUT2D eigenvalue weighted by Crippen LogP contribution is 2.32. The predicted molar refractivity (Wildman–Crippen MR) is 58.7 cm³/mol. The smallest absolute Gasteiger partial charge is 0.265 e. The van der Waals surface area contributed by atoms with Gasteiger partial charge in [0, 0.05) is 5.56 Å². The van der Waals surface area contributed by atoms with Gasteiger partial charge in [0.2, 0.25) is 0 Å². The zero-order chi connectivity index (χ0) is 10.8. The standard InChI is InChI=1S/C10H6Cl2N2O/c11-9(12)7-8(13-14-10(7)15)6-4-2-1-3-5-6/h1-5,9H. The number of benzene rings is 1. The molecule has 5 heteroatoms. The molecule has 1 aromatic rings. The van der Waals surface area contributed by atoms with Gasteiger partial charge in [0.1, 0.15) is 10.5 Å². The van der Waals surface area contributed by atoms with E-state index in [4.69, 9.17) is 23.2 Å². The Hall–Kier alpha value is -1.19. The SMILES string of the molecule is O=C1N=NC(c2ccccc2)=C1C(Cl)Cl. The second kappa shape index (κ2) is 4.13. The van der Waals surface area contributed by atoms with Crippen LogP contribution in [0.2, 0.25) is 0 Å². The summed E-state index contributed by atoms with van der Waals surface area (Å²) in [6, 6.07) is 9.20. The monoisotopic (exact) mass is 240 g/mol. The van der Waals surface area contributed by atoms with Crippen LogP contribution in [-0.4, -0.2) is 10.7 Å². The number of halogens is 2. The Morgan fingerprint density at radius 2 is 1.73 bits per heavy atom. The van der Waals surface area contributed by atoms with Crippen molar-refractivity contribution in [3.63, 3.8) is 0 Å².